The molecule has 0 fully saturated rings. The van der Waals surface area contributed by atoms with E-state index in [-0.39, 0.29) is 6.10 Å². The van der Waals surface area contributed by atoms with Crippen molar-refractivity contribution >= 4 is 23.3 Å². The first kappa shape index (κ1) is 11.6. The van der Waals surface area contributed by atoms with Crippen molar-refractivity contribution < 1.29 is 4.84 Å². The zero-order chi connectivity index (χ0) is 13.2. The number of anilines is 3. The zero-order valence-corrected chi connectivity index (χ0v) is 10.2. The third-order valence-corrected chi connectivity index (χ3v) is 2.90. The molecular formula is C14H14N4O. The standard InChI is InChI=1S/C14H14N4O/c15-11-3-1-10(2-4-11)14-9-17-18(19-14)13-7-5-12(16)6-8-13/h1-9,14H,15-16H2. The summed E-state index contributed by atoms with van der Waals surface area (Å²) in [6.45, 7) is 0. The number of hydrogen-bond acceptors (Lipinski definition) is 5. The minimum Gasteiger partial charge on any atom is -0.399 e. The van der Waals surface area contributed by atoms with E-state index >= 15 is 0 Å². The Labute approximate surface area is 111 Å². The number of nitrogen functional groups attached to an aromatic ring is 2. The first-order chi connectivity index (χ1) is 9.22. The molecule has 0 bridgehead atoms. The van der Waals surface area contributed by atoms with E-state index in [1.807, 2.05) is 48.5 Å². The topological polar surface area (TPSA) is 76.9 Å². The third kappa shape index (κ3) is 2.36. The second-order valence-corrected chi connectivity index (χ2v) is 4.32. The molecule has 4 N–H and O–H groups in total. The molecule has 1 aliphatic heterocycles. The summed E-state index contributed by atoms with van der Waals surface area (Å²) in [6, 6.07) is 14.9. The average molecular weight is 254 g/mol. The van der Waals surface area contributed by atoms with Crippen molar-refractivity contribution in [3.63, 3.8) is 0 Å². The number of hydrazone groups is 1. The molecular weight excluding hydrogens is 240 g/mol. The summed E-state index contributed by atoms with van der Waals surface area (Å²) in [4.78, 5) is 5.74. The van der Waals surface area contributed by atoms with Gasteiger partial charge in [0.2, 0.25) is 0 Å². The molecule has 1 heterocycles. The third-order valence-electron chi connectivity index (χ3n) is 2.90. The monoisotopic (exact) mass is 254 g/mol. The highest BCUT2D eigenvalue weighted by molar-refractivity contribution is 5.70. The van der Waals surface area contributed by atoms with Gasteiger partial charge < -0.3 is 11.5 Å². The Balaban J connectivity index is 1.76. The van der Waals surface area contributed by atoms with Crippen LogP contribution in [0.25, 0.3) is 0 Å². The van der Waals surface area contributed by atoms with Gasteiger partial charge in [-0.3, -0.25) is 0 Å². The predicted molar refractivity (Wildman–Crippen MR) is 76.5 cm³/mol. The van der Waals surface area contributed by atoms with E-state index < -0.39 is 0 Å². The molecule has 96 valence electrons. The van der Waals surface area contributed by atoms with Gasteiger partial charge in [0.15, 0.2) is 0 Å². The van der Waals surface area contributed by atoms with Crippen LogP contribution < -0.4 is 16.6 Å². The van der Waals surface area contributed by atoms with Crippen molar-refractivity contribution in [2.24, 2.45) is 5.10 Å². The van der Waals surface area contributed by atoms with Crippen LogP contribution in [0, 0.1) is 0 Å². The van der Waals surface area contributed by atoms with Crippen molar-refractivity contribution in [3.05, 3.63) is 54.1 Å². The quantitative estimate of drug-likeness (QED) is 0.806. The van der Waals surface area contributed by atoms with Crippen LogP contribution in [0.3, 0.4) is 0 Å². The maximum Gasteiger partial charge on any atom is 0.150 e. The van der Waals surface area contributed by atoms with Crippen LogP contribution in [-0.2, 0) is 4.84 Å². The average Bonchev–Trinajstić information content (AvgIpc) is 2.90. The van der Waals surface area contributed by atoms with Gasteiger partial charge in [0, 0.05) is 11.4 Å². The molecule has 19 heavy (non-hydrogen) atoms. The molecule has 0 amide bonds. The smallest absolute Gasteiger partial charge is 0.150 e. The Morgan fingerprint density at radius 1 is 0.895 bits per heavy atom. The Hall–Kier alpha value is -2.53. The van der Waals surface area contributed by atoms with E-state index in [9.17, 15) is 0 Å². The molecule has 2 aromatic rings. The number of nitrogens with zero attached hydrogens (tertiary/aromatic N) is 2. The molecule has 0 spiro atoms. The van der Waals surface area contributed by atoms with Gasteiger partial charge in [-0.2, -0.15) is 5.10 Å². The summed E-state index contributed by atoms with van der Waals surface area (Å²) < 4.78 is 0. The van der Waals surface area contributed by atoms with Gasteiger partial charge in [0.05, 0.1) is 11.9 Å². The first-order valence-electron chi connectivity index (χ1n) is 5.94. The molecule has 2 aromatic carbocycles. The van der Waals surface area contributed by atoms with Gasteiger partial charge >= 0.3 is 0 Å². The molecule has 1 atom stereocenters. The SMILES string of the molecule is Nc1ccc(C2C=NN(c3ccc(N)cc3)O2)cc1. The Bertz CT molecular complexity index is 538. The molecule has 0 radical (unpaired) electrons. The van der Waals surface area contributed by atoms with Crippen molar-refractivity contribution in [1.82, 2.24) is 0 Å². The van der Waals surface area contributed by atoms with Gasteiger partial charge in [-0.15, -0.1) is 5.17 Å². The fourth-order valence-electron chi connectivity index (χ4n) is 1.85. The molecule has 3 rings (SSSR count). The molecule has 0 saturated heterocycles. The van der Waals surface area contributed by atoms with E-state index in [0.717, 1.165) is 16.9 Å². The van der Waals surface area contributed by atoms with Gasteiger partial charge in [-0.1, -0.05) is 12.1 Å². The molecule has 0 saturated carbocycles. The maximum atomic E-state index is 5.74. The van der Waals surface area contributed by atoms with E-state index in [2.05, 4.69) is 5.10 Å². The molecule has 1 unspecified atom stereocenters. The maximum absolute atomic E-state index is 5.74. The lowest BCUT2D eigenvalue weighted by molar-refractivity contribution is 0.0986. The summed E-state index contributed by atoms with van der Waals surface area (Å²) in [7, 11) is 0. The highest BCUT2D eigenvalue weighted by atomic mass is 16.7. The predicted octanol–water partition coefficient (Wildman–Crippen LogP) is 2.33. The van der Waals surface area contributed by atoms with Gasteiger partial charge in [0.1, 0.15) is 6.10 Å². The minimum absolute atomic E-state index is 0.196. The summed E-state index contributed by atoms with van der Waals surface area (Å²) in [5, 5.41) is 5.72. The zero-order valence-electron chi connectivity index (χ0n) is 10.2. The highest BCUT2D eigenvalue weighted by Crippen LogP contribution is 2.27. The van der Waals surface area contributed by atoms with Gasteiger partial charge in [0.25, 0.3) is 0 Å². The van der Waals surface area contributed by atoms with Gasteiger partial charge in [-0.25, -0.2) is 4.84 Å². The van der Waals surface area contributed by atoms with Crippen LogP contribution in [0.15, 0.2) is 53.6 Å². The molecule has 5 heteroatoms. The number of hydrogen-bond donors (Lipinski definition) is 2. The molecule has 0 aliphatic carbocycles. The second-order valence-electron chi connectivity index (χ2n) is 4.32. The summed E-state index contributed by atoms with van der Waals surface area (Å²) in [5.74, 6) is 0. The Kier molecular flexibility index (Phi) is 2.81. The largest absolute Gasteiger partial charge is 0.399 e. The fraction of sp³-hybridized carbons (Fsp3) is 0.0714. The van der Waals surface area contributed by atoms with Crippen molar-refractivity contribution in [2.45, 2.75) is 6.10 Å². The van der Waals surface area contributed by atoms with Gasteiger partial charge in [-0.05, 0) is 42.0 Å². The lowest BCUT2D eigenvalue weighted by atomic mass is 10.1. The van der Waals surface area contributed by atoms with Crippen molar-refractivity contribution in [3.8, 4) is 0 Å². The Morgan fingerprint density at radius 2 is 1.47 bits per heavy atom. The lowest BCUT2D eigenvalue weighted by Crippen LogP contribution is -2.13. The summed E-state index contributed by atoms with van der Waals surface area (Å²) >= 11 is 0. The van der Waals surface area contributed by atoms with Crippen LogP contribution in [0.5, 0.6) is 0 Å². The van der Waals surface area contributed by atoms with Crippen LogP contribution >= 0.6 is 0 Å². The molecule has 1 aliphatic rings. The number of nitrogens with two attached hydrogens (primary N) is 2. The first-order valence-corrected chi connectivity index (χ1v) is 5.94. The van der Waals surface area contributed by atoms with Crippen LogP contribution in [-0.4, -0.2) is 6.21 Å². The number of benzene rings is 2. The van der Waals surface area contributed by atoms with Crippen molar-refractivity contribution in [2.75, 3.05) is 16.6 Å². The van der Waals surface area contributed by atoms with E-state index in [1.165, 1.54) is 5.17 Å². The van der Waals surface area contributed by atoms with E-state index in [1.54, 1.807) is 6.21 Å². The number of rotatable bonds is 2. The highest BCUT2D eigenvalue weighted by Gasteiger charge is 2.21. The molecule has 0 aromatic heterocycles. The normalized spacial score (nSPS) is 17.9. The summed E-state index contributed by atoms with van der Waals surface area (Å²) in [6.07, 6.45) is 1.56. The molecule has 5 nitrogen and oxygen atoms in total. The van der Waals surface area contributed by atoms with Crippen molar-refractivity contribution in [1.29, 1.82) is 0 Å². The van der Waals surface area contributed by atoms with E-state index in [0.29, 0.717) is 5.69 Å². The van der Waals surface area contributed by atoms with E-state index in [4.69, 9.17) is 16.3 Å². The van der Waals surface area contributed by atoms with Crippen LogP contribution in [0.4, 0.5) is 17.1 Å². The van der Waals surface area contributed by atoms with Crippen LogP contribution in [0.2, 0.25) is 0 Å². The fourth-order valence-corrected chi connectivity index (χ4v) is 1.85. The lowest BCUT2D eigenvalue weighted by Gasteiger charge is -2.16. The van der Waals surface area contributed by atoms with Crippen LogP contribution in [0.1, 0.15) is 11.7 Å². The minimum atomic E-state index is -0.196. The summed E-state index contributed by atoms with van der Waals surface area (Å²) in [5.41, 5.74) is 14.6. The Morgan fingerprint density at radius 3 is 2.11 bits per heavy atom. The second kappa shape index (κ2) is 4.62.